The molecule has 120 valence electrons. The molecule has 23 heavy (non-hydrogen) atoms. The first-order valence-electron chi connectivity index (χ1n) is 7.38. The van der Waals surface area contributed by atoms with Crippen LogP contribution in [0.25, 0.3) is 11.1 Å². The lowest BCUT2D eigenvalue weighted by Gasteiger charge is -2.12. The van der Waals surface area contributed by atoms with Crippen molar-refractivity contribution in [1.29, 1.82) is 0 Å². The third kappa shape index (κ3) is 4.68. The van der Waals surface area contributed by atoms with Crippen LogP contribution in [0.5, 0.6) is 0 Å². The van der Waals surface area contributed by atoms with E-state index in [2.05, 4.69) is 17.9 Å². The Balaban J connectivity index is 2.07. The summed E-state index contributed by atoms with van der Waals surface area (Å²) in [4.78, 5) is 23.4. The van der Waals surface area contributed by atoms with Crippen molar-refractivity contribution in [3.63, 3.8) is 0 Å². The number of benzene rings is 2. The first-order chi connectivity index (χ1) is 11.1. The van der Waals surface area contributed by atoms with Crippen LogP contribution >= 0.6 is 12.6 Å². The molecule has 2 rings (SSSR count). The van der Waals surface area contributed by atoms with E-state index in [0.717, 1.165) is 11.1 Å². The van der Waals surface area contributed by atoms with Gasteiger partial charge in [-0.25, -0.2) is 0 Å². The van der Waals surface area contributed by atoms with E-state index in [9.17, 15) is 9.59 Å². The second-order valence-corrected chi connectivity index (χ2v) is 5.48. The number of carboxylic acid groups (broad SMARTS) is 1. The molecule has 0 radical (unpaired) electrons. The third-order valence-corrected chi connectivity index (χ3v) is 3.90. The van der Waals surface area contributed by atoms with E-state index in [1.807, 2.05) is 48.5 Å². The van der Waals surface area contributed by atoms with Crippen molar-refractivity contribution < 1.29 is 14.7 Å². The number of hydrogen-bond donors (Lipinski definition) is 3. The van der Waals surface area contributed by atoms with E-state index in [-0.39, 0.29) is 18.0 Å². The van der Waals surface area contributed by atoms with Crippen LogP contribution in [0.4, 0.5) is 0 Å². The summed E-state index contributed by atoms with van der Waals surface area (Å²) in [5.74, 6) is -0.790. The van der Waals surface area contributed by atoms with Gasteiger partial charge in [-0.15, -0.1) is 0 Å². The molecule has 0 spiro atoms. The number of aliphatic carboxylic acids is 1. The molecule has 0 aromatic heterocycles. The summed E-state index contributed by atoms with van der Waals surface area (Å²) in [5.41, 5.74) is 2.53. The zero-order valence-corrected chi connectivity index (χ0v) is 13.5. The first-order valence-corrected chi connectivity index (χ1v) is 8.01. The van der Waals surface area contributed by atoms with Crippen LogP contribution in [0, 0.1) is 0 Å². The van der Waals surface area contributed by atoms with E-state index < -0.39 is 12.0 Å². The third-order valence-electron chi connectivity index (χ3n) is 3.54. The summed E-state index contributed by atoms with van der Waals surface area (Å²) in [5, 5.41) is 11.8. The van der Waals surface area contributed by atoms with Crippen molar-refractivity contribution in [3.05, 3.63) is 60.2 Å². The lowest BCUT2D eigenvalue weighted by Crippen LogP contribution is -2.39. The largest absolute Gasteiger partial charge is 0.480 e. The van der Waals surface area contributed by atoms with E-state index >= 15 is 0 Å². The van der Waals surface area contributed by atoms with Gasteiger partial charge in [-0.1, -0.05) is 54.6 Å². The summed E-state index contributed by atoms with van der Waals surface area (Å²) in [6, 6.07) is 16.4. The Kier molecular flexibility index (Phi) is 6.38. The van der Waals surface area contributed by atoms with Gasteiger partial charge < -0.3 is 10.4 Å². The molecule has 0 aliphatic carbocycles. The van der Waals surface area contributed by atoms with Crippen molar-refractivity contribution in [2.45, 2.75) is 12.5 Å². The summed E-state index contributed by atoms with van der Waals surface area (Å²) in [6.07, 6.45) is 0.238. The van der Waals surface area contributed by atoms with Crippen molar-refractivity contribution in [3.8, 4) is 11.1 Å². The number of rotatable bonds is 8. The van der Waals surface area contributed by atoms with E-state index in [0.29, 0.717) is 12.1 Å². The van der Waals surface area contributed by atoms with Crippen LogP contribution in [0.3, 0.4) is 0 Å². The van der Waals surface area contributed by atoms with E-state index in [1.165, 1.54) is 0 Å². The Labute approximate surface area is 141 Å². The summed E-state index contributed by atoms with van der Waals surface area (Å²) in [6.45, 7) is 0.305. The molecule has 0 bridgehead atoms. The molecule has 1 atom stereocenters. The fraction of sp³-hybridized carbons (Fsp3) is 0.222. The molecule has 0 unspecified atom stereocenters. The molecule has 2 aromatic carbocycles. The van der Waals surface area contributed by atoms with Gasteiger partial charge in [-0.05, 0) is 11.1 Å². The van der Waals surface area contributed by atoms with Crippen LogP contribution < -0.4 is 5.32 Å². The van der Waals surface area contributed by atoms with Crippen LogP contribution in [0.15, 0.2) is 54.6 Å². The molecule has 2 N–H and O–H groups in total. The number of carbonyl (C=O) groups is 2. The van der Waals surface area contributed by atoms with E-state index in [4.69, 9.17) is 5.11 Å². The number of Topliss-reactive ketones (excluding diaryl/α,β-unsaturated/α-hetero) is 1. The van der Waals surface area contributed by atoms with E-state index in [1.54, 1.807) is 6.07 Å². The van der Waals surface area contributed by atoms with Crippen LogP contribution in [-0.2, 0) is 4.79 Å². The predicted molar refractivity (Wildman–Crippen MR) is 94.1 cm³/mol. The van der Waals surface area contributed by atoms with Crippen LogP contribution in [0.2, 0.25) is 0 Å². The van der Waals surface area contributed by atoms with Crippen LogP contribution in [0.1, 0.15) is 16.8 Å². The van der Waals surface area contributed by atoms with Crippen molar-refractivity contribution in [2.24, 2.45) is 0 Å². The highest BCUT2D eigenvalue weighted by Gasteiger charge is 2.16. The standard InChI is InChI=1S/C18H19NO3S/c20-17(10-11-19-16(12-23)18(21)22)15-9-5-4-8-14(15)13-6-2-1-3-7-13/h1-9,16,19,23H,10-12H2,(H,21,22)/t16-/m1/s1. The fourth-order valence-electron chi connectivity index (χ4n) is 2.32. The second-order valence-electron chi connectivity index (χ2n) is 5.11. The van der Waals surface area contributed by atoms with Crippen molar-refractivity contribution >= 4 is 24.4 Å². The molecule has 0 fully saturated rings. The minimum Gasteiger partial charge on any atom is -0.480 e. The van der Waals surface area contributed by atoms with Crippen LogP contribution in [-0.4, -0.2) is 35.2 Å². The Hall–Kier alpha value is -2.11. The minimum absolute atomic E-state index is 0.0137. The molecule has 0 saturated carbocycles. The van der Waals surface area contributed by atoms with Crippen molar-refractivity contribution in [2.75, 3.05) is 12.3 Å². The smallest absolute Gasteiger partial charge is 0.321 e. The Bertz CT molecular complexity index is 673. The monoisotopic (exact) mass is 329 g/mol. The quantitative estimate of drug-likeness (QED) is 0.515. The average Bonchev–Trinajstić information content (AvgIpc) is 2.59. The van der Waals surface area contributed by atoms with Gasteiger partial charge in [-0.3, -0.25) is 9.59 Å². The number of ketones is 1. The molecule has 0 aliphatic heterocycles. The van der Waals surface area contributed by atoms with Gasteiger partial charge in [0.2, 0.25) is 0 Å². The first kappa shape index (κ1) is 17.2. The maximum absolute atomic E-state index is 12.5. The molecular formula is C18H19NO3S. The lowest BCUT2D eigenvalue weighted by molar-refractivity contribution is -0.138. The Morgan fingerprint density at radius 2 is 1.70 bits per heavy atom. The average molecular weight is 329 g/mol. The minimum atomic E-state index is -0.961. The number of thiol groups is 1. The fourth-order valence-corrected chi connectivity index (χ4v) is 2.61. The molecule has 0 amide bonds. The lowest BCUT2D eigenvalue weighted by atomic mass is 9.96. The zero-order chi connectivity index (χ0) is 16.7. The Morgan fingerprint density at radius 1 is 1.04 bits per heavy atom. The van der Waals surface area contributed by atoms with Gasteiger partial charge in [0.1, 0.15) is 6.04 Å². The maximum atomic E-state index is 12.5. The van der Waals surface area contributed by atoms with Gasteiger partial charge in [-0.2, -0.15) is 12.6 Å². The molecule has 0 heterocycles. The SMILES string of the molecule is O=C(CCN[C@H](CS)C(=O)O)c1ccccc1-c1ccccc1. The highest BCUT2D eigenvalue weighted by Crippen LogP contribution is 2.24. The topological polar surface area (TPSA) is 66.4 Å². The Morgan fingerprint density at radius 3 is 2.35 bits per heavy atom. The molecule has 2 aromatic rings. The highest BCUT2D eigenvalue weighted by molar-refractivity contribution is 7.80. The second kappa shape index (κ2) is 8.50. The molecule has 0 saturated heterocycles. The summed E-state index contributed by atoms with van der Waals surface area (Å²) >= 11 is 3.99. The maximum Gasteiger partial charge on any atom is 0.321 e. The molecule has 4 nitrogen and oxygen atoms in total. The molecule has 5 heteroatoms. The summed E-state index contributed by atoms with van der Waals surface area (Å²) in [7, 11) is 0. The number of nitrogens with one attached hydrogen (secondary N) is 1. The van der Waals surface area contributed by atoms with Gasteiger partial charge >= 0.3 is 5.97 Å². The van der Waals surface area contributed by atoms with Gasteiger partial charge in [0.05, 0.1) is 0 Å². The zero-order valence-electron chi connectivity index (χ0n) is 12.6. The number of carbonyl (C=O) groups excluding carboxylic acids is 1. The van der Waals surface area contributed by atoms with Gasteiger partial charge in [0.25, 0.3) is 0 Å². The molecular weight excluding hydrogens is 310 g/mol. The summed E-state index contributed by atoms with van der Waals surface area (Å²) < 4.78 is 0. The van der Waals surface area contributed by atoms with Crippen molar-refractivity contribution in [1.82, 2.24) is 5.32 Å². The van der Waals surface area contributed by atoms with Gasteiger partial charge in [0, 0.05) is 24.3 Å². The highest BCUT2D eigenvalue weighted by atomic mass is 32.1. The predicted octanol–water partition coefficient (Wildman–Crippen LogP) is 2.90. The molecule has 0 aliphatic rings. The number of hydrogen-bond acceptors (Lipinski definition) is 4. The van der Waals surface area contributed by atoms with Gasteiger partial charge in [0.15, 0.2) is 5.78 Å². The normalized spacial score (nSPS) is 11.9. The number of carboxylic acids is 1.